The molecule has 172 valence electrons. The fraction of sp³-hybridized carbons (Fsp3) is 0.333. The quantitative estimate of drug-likeness (QED) is 0.512. The molecule has 0 aliphatic rings. The first-order valence-corrected chi connectivity index (χ1v) is 11.4. The van der Waals surface area contributed by atoms with Crippen LogP contribution in [0.2, 0.25) is 0 Å². The van der Waals surface area contributed by atoms with Crippen LogP contribution in [0.3, 0.4) is 0 Å². The zero-order chi connectivity index (χ0) is 23.6. The highest BCUT2D eigenvalue weighted by Gasteiger charge is 2.23. The number of anilines is 1. The van der Waals surface area contributed by atoms with E-state index in [2.05, 4.69) is 10.3 Å². The van der Waals surface area contributed by atoms with Crippen molar-refractivity contribution in [1.82, 2.24) is 13.9 Å². The Hall–Kier alpha value is -2.92. The van der Waals surface area contributed by atoms with Crippen LogP contribution in [0.1, 0.15) is 26.1 Å². The van der Waals surface area contributed by atoms with Crippen molar-refractivity contribution in [2.45, 2.75) is 31.6 Å². The number of benzene rings is 2. The van der Waals surface area contributed by atoms with Gasteiger partial charge in [-0.3, -0.25) is 4.79 Å². The summed E-state index contributed by atoms with van der Waals surface area (Å²) < 4.78 is 68.6. The van der Waals surface area contributed by atoms with Gasteiger partial charge in [0.1, 0.15) is 5.82 Å². The lowest BCUT2D eigenvalue weighted by molar-refractivity contribution is -0.116. The third kappa shape index (κ3) is 4.49. The summed E-state index contributed by atoms with van der Waals surface area (Å²) in [5, 5.41) is 2.21. The topological polar surface area (TPSA) is 84.3 Å². The molecule has 7 nitrogen and oxygen atoms in total. The average molecular weight is 469 g/mol. The van der Waals surface area contributed by atoms with Crippen LogP contribution in [-0.2, 0) is 28.3 Å². The predicted octanol–water partition coefficient (Wildman–Crippen LogP) is 3.59. The third-order valence-electron chi connectivity index (χ3n) is 5.17. The van der Waals surface area contributed by atoms with Gasteiger partial charge in [-0.25, -0.2) is 26.6 Å². The van der Waals surface area contributed by atoms with E-state index in [4.69, 9.17) is 0 Å². The molecular weight excluding hydrogens is 445 g/mol. The van der Waals surface area contributed by atoms with Gasteiger partial charge in [-0.15, -0.1) is 0 Å². The second-order valence-electron chi connectivity index (χ2n) is 7.10. The van der Waals surface area contributed by atoms with Gasteiger partial charge in [-0.2, -0.15) is 4.31 Å². The molecule has 0 spiro atoms. The van der Waals surface area contributed by atoms with Gasteiger partial charge in [0.2, 0.25) is 15.9 Å². The summed E-state index contributed by atoms with van der Waals surface area (Å²) >= 11 is 0. The van der Waals surface area contributed by atoms with E-state index in [1.54, 1.807) is 31.5 Å². The number of carbonyl (C=O) groups excluding carboxylic acids is 1. The largest absolute Gasteiger partial charge is 0.331 e. The van der Waals surface area contributed by atoms with E-state index in [1.165, 1.54) is 16.4 Å². The van der Waals surface area contributed by atoms with Crippen LogP contribution in [0.5, 0.6) is 0 Å². The molecular formula is C21H23F3N4O3S. The van der Waals surface area contributed by atoms with Gasteiger partial charge < -0.3 is 9.88 Å². The lowest BCUT2D eigenvalue weighted by atomic mass is 10.2. The molecule has 1 N–H and O–H groups in total. The van der Waals surface area contributed by atoms with E-state index in [0.29, 0.717) is 29.9 Å². The molecule has 32 heavy (non-hydrogen) atoms. The van der Waals surface area contributed by atoms with E-state index < -0.39 is 39.1 Å². The van der Waals surface area contributed by atoms with Crippen molar-refractivity contribution in [3.63, 3.8) is 0 Å². The van der Waals surface area contributed by atoms with Crippen molar-refractivity contribution in [2.24, 2.45) is 7.05 Å². The fourth-order valence-electron chi connectivity index (χ4n) is 3.39. The molecule has 3 rings (SSSR count). The Bertz CT molecular complexity index is 1270. The lowest BCUT2D eigenvalue weighted by Crippen LogP contribution is -2.30. The Kier molecular flexibility index (Phi) is 6.89. The molecule has 0 aliphatic heterocycles. The maximum atomic E-state index is 13.7. The molecule has 0 radical (unpaired) electrons. The van der Waals surface area contributed by atoms with Crippen molar-refractivity contribution in [3.05, 3.63) is 53.6 Å². The molecule has 0 saturated heterocycles. The number of aryl methyl sites for hydroxylation is 2. The van der Waals surface area contributed by atoms with Gasteiger partial charge in [-0.1, -0.05) is 13.8 Å². The van der Waals surface area contributed by atoms with Crippen LogP contribution >= 0.6 is 0 Å². The Labute approximate surface area is 183 Å². The van der Waals surface area contributed by atoms with E-state index in [-0.39, 0.29) is 17.7 Å². The molecule has 1 heterocycles. The minimum absolute atomic E-state index is 0.0970. The van der Waals surface area contributed by atoms with Gasteiger partial charge >= 0.3 is 0 Å². The summed E-state index contributed by atoms with van der Waals surface area (Å²) in [4.78, 5) is 16.7. The number of rotatable bonds is 8. The first-order chi connectivity index (χ1) is 15.1. The number of sulfonamides is 1. The predicted molar refractivity (Wildman–Crippen MR) is 114 cm³/mol. The van der Waals surface area contributed by atoms with Crippen LogP contribution in [0.25, 0.3) is 11.0 Å². The number of nitrogens with one attached hydrogen (secondary N) is 1. The first kappa shape index (κ1) is 23.7. The highest BCUT2D eigenvalue weighted by molar-refractivity contribution is 7.89. The Balaban J connectivity index is 1.78. The van der Waals surface area contributed by atoms with Crippen molar-refractivity contribution in [2.75, 3.05) is 18.4 Å². The normalized spacial score (nSPS) is 12.0. The van der Waals surface area contributed by atoms with Crippen molar-refractivity contribution >= 4 is 32.7 Å². The number of halogens is 3. The van der Waals surface area contributed by atoms with Crippen molar-refractivity contribution in [3.8, 4) is 0 Å². The number of hydrogen-bond donors (Lipinski definition) is 1. The maximum absolute atomic E-state index is 13.7. The van der Waals surface area contributed by atoms with E-state index >= 15 is 0 Å². The fourth-order valence-corrected chi connectivity index (χ4v) is 4.87. The smallest absolute Gasteiger partial charge is 0.243 e. The van der Waals surface area contributed by atoms with Gasteiger partial charge in [0, 0.05) is 33.0 Å². The van der Waals surface area contributed by atoms with E-state index in [9.17, 15) is 26.4 Å². The van der Waals surface area contributed by atoms with Crippen LogP contribution in [-0.4, -0.2) is 41.3 Å². The monoisotopic (exact) mass is 468 g/mol. The second-order valence-corrected chi connectivity index (χ2v) is 9.04. The van der Waals surface area contributed by atoms with Crippen LogP contribution < -0.4 is 5.32 Å². The number of hydrogen-bond acceptors (Lipinski definition) is 4. The zero-order valence-electron chi connectivity index (χ0n) is 17.8. The molecule has 0 bridgehead atoms. The molecule has 1 aromatic heterocycles. The summed E-state index contributed by atoms with van der Waals surface area (Å²) in [6.45, 7) is 4.21. The van der Waals surface area contributed by atoms with Gasteiger partial charge in [-0.05, 0) is 30.3 Å². The molecule has 0 fully saturated rings. The van der Waals surface area contributed by atoms with E-state index in [1.807, 2.05) is 0 Å². The number of nitrogens with zero attached hydrogens (tertiary/aromatic N) is 3. The lowest BCUT2D eigenvalue weighted by Gasteiger charge is -2.18. The number of aromatic nitrogens is 2. The van der Waals surface area contributed by atoms with Crippen LogP contribution in [0.15, 0.2) is 35.2 Å². The Morgan fingerprint density at radius 1 is 1.09 bits per heavy atom. The Morgan fingerprint density at radius 3 is 2.44 bits per heavy atom. The average Bonchev–Trinajstić information content (AvgIpc) is 3.08. The maximum Gasteiger partial charge on any atom is 0.243 e. The molecule has 1 amide bonds. The molecule has 0 unspecified atom stereocenters. The molecule has 2 aromatic carbocycles. The zero-order valence-corrected chi connectivity index (χ0v) is 18.6. The summed E-state index contributed by atoms with van der Waals surface area (Å²) in [7, 11) is -1.91. The minimum Gasteiger partial charge on any atom is -0.331 e. The summed E-state index contributed by atoms with van der Waals surface area (Å²) in [6, 6.07) is 6.32. The van der Waals surface area contributed by atoms with Crippen LogP contribution in [0.4, 0.5) is 18.9 Å². The second kappa shape index (κ2) is 9.29. The number of fused-ring (bicyclic) bond motifs is 1. The first-order valence-electron chi connectivity index (χ1n) is 9.99. The van der Waals surface area contributed by atoms with Gasteiger partial charge in [0.15, 0.2) is 17.5 Å². The standard InChI is InChI=1S/C21H23F3N4O3S/c1-4-28(5-2)32(30,31)13-6-9-17-16(12-13)25-18(27(17)3)10-11-19(29)26-15-8-7-14(22)20(23)21(15)24/h6-9,12H,4-5,10-11H2,1-3H3,(H,26,29). The van der Waals surface area contributed by atoms with Crippen molar-refractivity contribution in [1.29, 1.82) is 0 Å². The Morgan fingerprint density at radius 2 is 1.78 bits per heavy atom. The molecule has 0 atom stereocenters. The minimum atomic E-state index is -3.64. The van der Waals surface area contributed by atoms with E-state index in [0.717, 1.165) is 12.1 Å². The van der Waals surface area contributed by atoms with Gasteiger partial charge in [0.05, 0.1) is 21.6 Å². The summed E-state index contributed by atoms with van der Waals surface area (Å²) in [5.41, 5.74) is 0.693. The highest BCUT2D eigenvalue weighted by atomic mass is 32.2. The molecule has 0 aliphatic carbocycles. The molecule has 11 heteroatoms. The molecule has 0 saturated carbocycles. The summed E-state index contributed by atoms with van der Waals surface area (Å²) in [6.07, 6.45) is 0.0701. The highest BCUT2D eigenvalue weighted by Crippen LogP contribution is 2.23. The van der Waals surface area contributed by atoms with Crippen molar-refractivity contribution < 1.29 is 26.4 Å². The van der Waals surface area contributed by atoms with Gasteiger partial charge in [0.25, 0.3) is 0 Å². The number of amides is 1. The number of carbonyl (C=O) groups is 1. The number of imidazole rings is 1. The SMILES string of the molecule is CCN(CC)S(=O)(=O)c1ccc2c(c1)nc(CCC(=O)Nc1ccc(F)c(F)c1F)n2C. The third-order valence-corrected chi connectivity index (χ3v) is 7.22. The summed E-state index contributed by atoms with van der Waals surface area (Å²) in [5.74, 6) is -4.57. The molecule has 3 aromatic rings. The van der Waals surface area contributed by atoms with Crippen LogP contribution in [0, 0.1) is 17.5 Å².